The highest BCUT2D eigenvalue weighted by Crippen LogP contribution is 2.11. The van der Waals surface area contributed by atoms with Gasteiger partial charge < -0.3 is 20.7 Å². The summed E-state index contributed by atoms with van der Waals surface area (Å²) in [5, 5.41) is 14.0. The Morgan fingerprint density at radius 3 is 2.33 bits per heavy atom. The molecule has 6 heteroatoms. The van der Waals surface area contributed by atoms with Crippen molar-refractivity contribution in [2.24, 2.45) is 5.73 Å². The van der Waals surface area contributed by atoms with Crippen molar-refractivity contribution in [3.8, 4) is 0 Å². The maximum Gasteiger partial charge on any atom is 0.482 e. The second-order valence-electron chi connectivity index (χ2n) is 2.54. The van der Waals surface area contributed by atoms with Gasteiger partial charge in [-0.05, 0) is 12.8 Å². The monoisotopic (exact) mass is 173 g/mol. The lowest BCUT2D eigenvalue weighted by molar-refractivity contribution is -0.129. The van der Waals surface area contributed by atoms with E-state index in [4.69, 9.17) is 15.8 Å². The van der Waals surface area contributed by atoms with Crippen molar-refractivity contribution in [2.75, 3.05) is 6.54 Å². The molecule has 1 aliphatic heterocycles. The number of hydrogen-bond donors (Lipinski definition) is 3. The van der Waals surface area contributed by atoms with Crippen molar-refractivity contribution in [3.63, 3.8) is 0 Å². The molecule has 5 nitrogen and oxygen atoms in total. The zero-order valence-corrected chi connectivity index (χ0v) is 7.10. The molecular formula is C6H14BN2O3. The number of amides is 1. The fourth-order valence-corrected chi connectivity index (χ4v) is 1.18. The summed E-state index contributed by atoms with van der Waals surface area (Å²) in [4.78, 5) is 12.4. The fraction of sp³-hybridized carbons (Fsp3) is 0.833. The fourth-order valence-electron chi connectivity index (χ4n) is 1.18. The number of rotatable bonds is 0. The van der Waals surface area contributed by atoms with Gasteiger partial charge in [0.2, 0.25) is 5.91 Å². The molecule has 0 aliphatic carbocycles. The summed E-state index contributed by atoms with van der Waals surface area (Å²) in [6.07, 6.45) is 2.00. The highest BCUT2D eigenvalue weighted by Gasteiger charge is 2.21. The van der Waals surface area contributed by atoms with Crippen molar-refractivity contribution < 1.29 is 14.8 Å². The molecule has 1 fully saturated rings. The Balaban J connectivity index is 0.000000354. The zero-order valence-electron chi connectivity index (χ0n) is 7.10. The van der Waals surface area contributed by atoms with E-state index in [0.29, 0.717) is 0 Å². The summed E-state index contributed by atoms with van der Waals surface area (Å²) in [5.74, 6) is 0.0972. The molecule has 0 bridgehead atoms. The van der Waals surface area contributed by atoms with E-state index in [1.807, 2.05) is 0 Å². The molecule has 0 saturated carbocycles. The lowest BCUT2D eigenvalue weighted by atomic mass is 10.3. The van der Waals surface area contributed by atoms with E-state index in [-0.39, 0.29) is 19.8 Å². The van der Waals surface area contributed by atoms with Crippen molar-refractivity contribution in [2.45, 2.75) is 25.9 Å². The first kappa shape index (κ1) is 11.4. The maximum atomic E-state index is 10.7. The molecule has 1 radical (unpaired) electrons. The number of carbonyl (C=O) groups is 1. The number of nitrogens with zero attached hydrogens (tertiary/aromatic N) is 1. The van der Waals surface area contributed by atoms with Crippen LogP contribution in [0.15, 0.2) is 0 Å². The second-order valence-corrected chi connectivity index (χ2v) is 2.54. The smallest absolute Gasteiger partial charge is 0.429 e. The van der Waals surface area contributed by atoms with E-state index in [0.717, 1.165) is 19.4 Å². The van der Waals surface area contributed by atoms with Crippen LogP contribution in [0, 0.1) is 0 Å². The molecule has 1 heterocycles. The molecule has 69 valence electrons. The molecule has 1 rings (SSSR count). The molecule has 1 aliphatic rings. The van der Waals surface area contributed by atoms with Gasteiger partial charge in [0.25, 0.3) is 0 Å². The summed E-state index contributed by atoms with van der Waals surface area (Å²) >= 11 is 0. The van der Waals surface area contributed by atoms with Gasteiger partial charge in [0, 0.05) is 13.5 Å². The van der Waals surface area contributed by atoms with E-state index in [2.05, 4.69) is 0 Å². The van der Waals surface area contributed by atoms with E-state index in [1.54, 1.807) is 11.8 Å². The third kappa shape index (κ3) is 3.70. The van der Waals surface area contributed by atoms with Gasteiger partial charge in [-0.1, -0.05) is 0 Å². The Hall–Kier alpha value is -0.585. The van der Waals surface area contributed by atoms with Crippen LogP contribution in [0.25, 0.3) is 0 Å². The molecule has 1 amide bonds. The number of carbonyl (C=O) groups excluding carboxylic acids is 1. The standard InChI is InChI=1S/C6H12N2O.BH2O2/c1-5(9)8-4-2-3-6(8)7;2-1-3/h6H,2-4,7H2,1H3;2-3H. The van der Waals surface area contributed by atoms with Crippen LogP contribution in [0.1, 0.15) is 19.8 Å². The van der Waals surface area contributed by atoms with Crippen molar-refractivity contribution in [1.29, 1.82) is 0 Å². The number of nitrogens with two attached hydrogens (primary N) is 1. The summed E-state index contributed by atoms with van der Waals surface area (Å²) in [6.45, 7) is 2.40. The molecule has 0 aromatic rings. The molecule has 12 heavy (non-hydrogen) atoms. The van der Waals surface area contributed by atoms with E-state index in [1.165, 1.54) is 0 Å². The Bertz CT molecular complexity index is 145. The van der Waals surface area contributed by atoms with Crippen LogP contribution in [0.2, 0.25) is 0 Å². The molecule has 0 spiro atoms. The first-order chi connectivity index (χ1) is 5.63. The van der Waals surface area contributed by atoms with Gasteiger partial charge in [-0.2, -0.15) is 0 Å². The minimum atomic E-state index is -0.0116. The van der Waals surface area contributed by atoms with Gasteiger partial charge in [-0.15, -0.1) is 0 Å². The van der Waals surface area contributed by atoms with E-state index < -0.39 is 0 Å². The second kappa shape index (κ2) is 5.99. The average molecular weight is 173 g/mol. The van der Waals surface area contributed by atoms with Crippen molar-refractivity contribution >= 4 is 13.6 Å². The van der Waals surface area contributed by atoms with Gasteiger partial charge in [-0.3, -0.25) is 4.79 Å². The van der Waals surface area contributed by atoms with Crippen LogP contribution >= 0.6 is 0 Å². The largest absolute Gasteiger partial charge is 0.482 e. The Labute approximate surface area is 72.5 Å². The molecule has 0 aromatic heterocycles. The summed E-state index contributed by atoms with van der Waals surface area (Å²) in [6, 6.07) is 0. The Morgan fingerprint density at radius 1 is 1.67 bits per heavy atom. The molecule has 4 N–H and O–H groups in total. The quantitative estimate of drug-likeness (QED) is 0.386. The average Bonchev–Trinajstić information content (AvgIpc) is 2.36. The first-order valence-electron chi connectivity index (χ1n) is 3.76. The van der Waals surface area contributed by atoms with Crippen LogP contribution in [-0.4, -0.2) is 41.3 Å². The minimum Gasteiger partial charge on any atom is -0.429 e. The SMILES string of the molecule is CC(=O)N1CCCC1N.O[B]O. The lowest BCUT2D eigenvalue weighted by Gasteiger charge is -2.18. The van der Waals surface area contributed by atoms with Gasteiger partial charge in [0.1, 0.15) is 0 Å². The molecule has 1 atom stereocenters. The predicted molar refractivity (Wildman–Crippen MR) is 44.8 cm³/mol. The minimum absolute atomic E-state index is 0. The lowest BCUT2D eigenvalue weighted by Crippen LogP contribution is -2.39. The van der Waals surface area contributed by atoms with Crippen LogP contribution in [-0.2, 0) is 4.79 Å². The molecule has 1 saturated heterocycles. The summed E-state index contributed by atoms with van der Waals surface area (Å²) in [5.41, 5.74) is 5.58. The summed E-state index contributed by atoms with van der Waals surface area (Å²) in [7, 11) is 0. The molecular weight excluding hydrogens is 159 g/mol. The van der Waals surface area contributed by atoms with Crippen LogP contribution < -0.4 is 5.73 Å². The highest BCUT2D eigenvalue weighted by molar-refractivity contribution is 6.13. The van der Waals surface area contributed by atoms with Gasteiger partial charge in [0.05, 0.1) is 6.17 Å². The molecule has 0 aromatic carbocycles. The Morgan fingerprint density at radius 2 is 2.17 bits per heavy atom. The highest BCUT2D eigenvalue weighted by atomic mass is 16.4. The Kier molecular flexibility index (Phi) is 5.70. The third-order valence-corrected chi connectivity index (χ3v) is 1.70. The van der Waals surface area contributed by atoms with Crippen LogP contribution in [0.4, 0.5) is 0 Å². The van der Waals surface area contributed by atoms with Gasteiger partial charge in [-0.25, -0.2) is 0 Å². The predicted octanol–water partition coefficient (Wildman–Crippen LogP) is -1.58. The first-order valence-corrected chi connectivity index (χ1v) is 3.76. The maximum absolute atomic E-state index is 10.7. The number of likely N-dealkylation sites (tertiary alicyclic amines) is 1. The normalized spacial score (nSPS) is 21.3. The van der Waals surface area contributed by atoms with Gasteiger partial charge in [0.15, 0.2) is 0 Å². The summed E-state index contributed by atoms with van der Waals surface area (Å²) < 4.78 is 0. The molecule has 1 unspecified atom stereocenters. The van der Waals surface area contributed by atoms with Crippen LogP contribution in [0.5, 0.6) is 0 Å². The zero-order chi connectivity index (χ0) is 9.56. The van der Waals surface area contributed by atoms with Crippen molar-refractivity contribution in [3.05, 3.63) is 0 Å². The topological polar surface area (TPSA) is 86.8 Å². The van der Waals surface area contributed by atoms with E-state index in [9.17, 15) is 4.79 Å². The number of hydrogen-bond acceptors (Lipinski definition) is 4. The van der Waals surface area contributed by atoms with Crippen LogP contribution in [0.3, 0.4) is 0 Å². The third-order valence-electron chi connectivity index (χ3n) is 1.70. The van der Waals surface area contributed by atoms with E-state index >= 15 is 0 Å². The van der Waals surface area contributed by atoms with Gasteiger partial charge >= 0.3 is 7.69 Å². The van der Waals surface area contributed by atoms with Crippen molar-refractivity contribution in [1.82, 2.24) is 4.90 Å².